The second-order valence-corrected chi connectivity index (χ2v) is 8.13. The molecule has 2 aromatic carbocycles. The molecule has 0 saturated heterocycles. The molecule has 1 amide bonds. The molecule has 0 aliphatic heterocycles. The Morgan fingerprint density at radius 2 is 1.97 bits per heavy atom. The highest BCUT2D eigenvalue weighted by Gasteiger charge is 2.14. The van der Waals surface area contributed by atoms with Crippen LogP contribution in [0.15, 0.2) is 64.1 Å². The van der Waals surface area contributed by atoms with Crippen LogP contribution in [-0.2, 0) is 11.3 Å². The summed E-state index contributed by atoms with van der Waals surface area (Å²) < 4.78 is 11.8. The summed E-state index contributed by atoms with van der Waals surface area (Å²) >= 11 is 1.40. The van der Waals surface area contributed by atoms with Gasteiger partial charge < -0.3 is 9.47 Å². The number of hydrazone groups is 1. The van der Waals surface area contributed by atoms with Gasteiger partial charge in [0.2, 0.25) is 0 Å². The molecular formula is C24H22N4O4S. The summed E-state index contributed by atoms with van der Waals surface area (Å²) in [6.07, 6.45) is 2.85. The van der Waals surface area contributed by atoms with E-state index in [-0.39, 0.29) is 12.1 Å². The molecule has 0 saturated carbocycles. The van der Waals surface area contributed by atoms with E-state index in [1.54, 1.807) is 25.3 Å². The van der Waals surface area contributed by atoms with Crippen molar-refractivity contribution >= 4 is 33.7 Å². The molecule has 0 radical (unpaired) electrons. The Labute approximate surface area is 194 Å². The topological polar surface area (TPSA) is 94.8 Å². The predicted octanol–water partition coefficient (Wildman–Crippen LogP) is 3.60. The van der Waals surface area contributed by atoms with Crippen molar-refractivity contribution in [2.45, 2.75) is 13.5 Å². The number of rotatable bonds is 7. The first-order chi connectivity index (χ1) is 16.0. The SMILES string of the molecule is COc1ccc(/C=N\NC(=O)Cn2cnc3scc(-c4ccc(C)cc4)c3c2=O)c(OC)c1. The molecule has 0 unspecified atom stereocenters. The van der Waals surface area contributed by atoms with E-state index in [9.17, 15) is 9.59 Å². The van der Waals surface area contributed by atoms with E-state index in [1.165, 1.54) is 35.6 Å². The molecule has 168 valence electrons. The number of nitrogens with one attached hydrogen (secondary N) is 1. The Morgan fingerprint density at radius 3 is 2.70 bits per heavy atom. The summed E-state index contributed by atoms with van der Waals surface area (Å²) in [6.45, 7) is 1.80. The van der Waals surface area contributed by atoms with Crippen LogP contribution >= 0.6 is 11.3 Å². The highest BCUT2D eigenvalue weighted by molar-refractivity contribution is 7.17. The highest BCUT2D eigenvalue weighted by atomic mass is 32.1. The first-order valence-electron chi connectivity index (χ1n) is 10.1. The molecule has 0 aliphatic rings. The lowest BCUT2D eigenvalue weighted by atomic mass is 10.1. The number of amides is 1. The van der Waals surface area contributed by atoms with Gasteiger partial charge in [0.15, 0.2) is 0 Å². The van der Waals surface area contributed by atoms with Crippen molar-refractivity contribution in [3.05, 3.63) is 75.7 Å². The van der Waals surface area contributed by atoms with Crippen LogP contribution in [-0.4, -0.2) is 35.9 Å². The minimum atomic E-state index is -0.450. The normalized spacial score (nSPS) is 11.1. The maximum atomic E-state index is 13.1. The Bertz CT molecular complexity index is 1390. The number of carbonyl (C=O) groups excluding carboxylic acids is 1. The summed E-state index contributed by atoms with van der Waals surface area (Å²) in [7, 11) is 3.10. The van der Waals surface area contributed by atoms with Crippen LogP contribution < -0.4 is 20.5 Å². The first-order valence-corrected chi connectivity index (χ1v) is 11.0. The van der Waals surface area contributed by atoms with Crippen molar-refractivity contribution < 1.29 is 14.3 Å². The number of aryl methyl sites for hydroxylation is 1. The molecule has 0 bridgehead atoms. The molecule has 33 heavy (non-hydrogen) atoms. The maximum Gasteiger partial charge on any atom is 0.263 e. The minimum Gasteiger partial charge on any atom is -0.497 e. The third-order valence-electron chi connectivity index (χ3n) is 5.07. The number of thiophene rings is 1. The lowest BCUT2D eigenvalue weighted by Gasteiger charge is -2.07. The number of hydrogen-bond donors (Lipinski definition) is 1. The van der Waals surface area contributed by atoms with Gasteiger partial charge in [-0.15, -0.1) is 11.3 Å². The zero-order valence-electron chi connectivity index (χ0n) is 18.4. The molecule has 0 fully saturated rings. The van der Waals surface area contributed by atoms with Gasteiger partial charge in [0.1, 0.15) is 22.9 Å². The van der Waals surface area contributed by atoms with Crippen molar-refractivity contribution in [1.29, 1.82) is 0 Å². The van der Waals surface area contributed by atoms with E-state index in [0.717, 1.165) is 16.7 Å². The van der Waals surface area contributed by atoms with Crippen molar-refractivity contribution in [1.82, 2.24) is 15.0 Å². The average molecular weight is 463 g/mol. The second kappa shape index (κ2) is 9.66. The van der Waals surface area contributed by atoms with Gasteiger partial charge in [-0.25, -0.2) is 10.4 Å². The predicted molar refractivity (Wildman–Crippen MR) is 129 cm³/mol. The monoisotopic (exact) mass is 462 g/mol. The van der Waals surface area contributed by atoms with Gasteiger partial charge in [-0.05, 0) is 24.6 Å². The summed E-state index contributed by atoms with van der Waals surface area (Å²) in [5, 5.41) is 6.40. The van der Waals surface area contributed by atoms with Crippen LogP contribution in [0.3, 0.4) is 0 Å². The molecule has 2 heterocycles. The maximum absolute atomic E-state index is 13.1. The van der Waals surface area contributed by atoms with E-state index in [0.29, 0.717) is 27.3 Å². The van der Waals surface area contributed by atoms with Crippen molar-refractivity contribution in [2.24, 2.45) is 5.10 Å². The molecule has 9 heteroatoms. The lowest BCUT2D eigenvalue weighted by Crippen LogP contribution is -2.30. The minimum absolute atomic E-state index is 0.206. The van der Waals surface area contributed by atoms with Crippen LogP contribution in [0.4, 0.5) is 0 Å². The molecule has 4 aromatic rings. The molecule has 0 spiro atoms. The fourth-order valence-corrected chi connectivity index (χ4v) is 4.22. The van der Waals surface area contributed by atoms with Crippen LogP contribution in [0, 0.1) is 6.92 Å². The molecule has 1 N–H and O–H groups in total. The molecule has 4 rings (SSSR count). The van der Waals surface area contributed by atoms with Crippen LogP contribution in [0.2, 0.25) is 0 Å². The average Bonchev–Trinajstić information content (AvgIpc) is 3.26. The Hall–Kier alpha value is -3.98. The third kappa shape index (κ3) is 4.78. The quantitative estimate of drug-likeness (QED) is 0.335. The van der Waals surface area contributed by atoms with Crippen LogP contribution in [0.1, 0.15) is 11.1 Å². The smallest absolute Gasteiger partial charge is 0.263 e. The number of nitrogens with zero attached hydrogens (tertiary/aromatic N) is 3. The van der Waals surface area contributed by atoms with Gasteiger partial charge in [0, 0.05) is 22.6 Å². The fraction of sp³-hybridized carbons (Fsp3) is 0.167. The van der Waals surface area contributed by atoms with E-state index in [2.05, 4.69) is 15.5 Å². The summed E-state index contributed by atoms with van der Waals surface area (Å²) in [4.78, 5) is 30.5. The zero-order valence-corrected chi connectivity index (χ0v) is 19.2. The molecule has 8 nitrogen and oxygen atoms in total. The van der Waals surface area contributed by atoms with Gasteiger partial charge in [-0.2, -0.15) is 5.10 Å². The Morgan fingerprint density at radius 1 is 1.18 bits per heavy atom. The van der Waals surface area contributed by atoms with Crippen molar-refractivity contribution in [2.75, 3.05) is 14.2 Å². The molecule has 0 atom stereocenters. The number of aromatic nitrogens is 2. The zero-order chi connectivity index (χ0) is 23.4. The van der Waals surface area contributed by atoms with Gasteiger partial charge in [-0.1, -0.05) is 29.8 Å². The van der Waals surface area contributed by atoms with Gasteiger partial charge in [-0.3, -0.25) is 14.2 Å². The number of methoxy groups -OCH3 is 2. The van der Waals surface area contributed by atoms with E-state index in [4.69, 9.17) is 9.47 Å². The summed E-state index contributed by atoms with van der Waals surface area (Å²) in [6, 6.07) is 13.2. The summed E-state index contributed by atoms with van der Waals surface area (Å²) in [5.74, 6) is 0.752. The van der Waals surface area contributed by atoms with Gasteiger partial charge >= 0.3 is 0 Å². The molecular weight excluding hydrogens is 440 g/mol. The number of benzene rings is 2. The van der Waals surface area contributed by atoms with E-state index in [1.807, 2.05) is 36.6 Å². The number of carbonyl (C=O) groups is 1. The molecule has 0 aliphatic carbocycles. The van der Waals surface area contributed by atoms with Crippen LogP contribution in [0.5, 0.6) is 11.5 Å². The molecule has 2 aromatic heterocycles. The van der Waals surface area contributed by atoms with Crippen molar-refractivity contribution in [3.8, 4) is 22.6 Å². The number of ether oxygens (including phenoxy) is 2. The van der Waals surface area contributed by atoms with E-state index >= 15 is 0 Å². The standard InChI is InChI=1S/C24H22N4O4S/c1-15-4-6-16(7-5-15)19-13-33-23-22(19)24(30)28(14-25-23)12-21(29)27-26-11-17-8-9-18(31-2)10-20(17)32-3/h4-11,13-14H,12H2,1-3H3,(H,27,29)/b26-11-. The number of hydrogen-bond acceptors (Lipinski definition) is 7. The summed E-state index contributed by atoms with van der Waals surface area (Å²) in [5.41, 5.74) is 5.72. The third-order valence-corrected chi connectivity index (χ3v) is 5.96. The highest BCUT2D eigenvalue weighted by Crippen LogP contribution is 2.30. The lowest BCUT2D eigenvalue weighted by molar-refractivity contribution is -0.121. The van der Waals surface area contributed by atoms with Crippen molar-refractivity contribution in [3.63, 3.8) is 0 Å². The van der Waals surface area contributed by atoms with Gasteiger partial charge in [0.25, 0.3) is 11.5 Å². The van der Waals surface area contributed by atoms with Crippen LogP contribution in [0.25, 0.3) is 21.3 Å². The second-order valence-electron chi connectivity index (χ2n) is 7.27. The largest absolute Gasteiger partial charge is 0.497 e. The fourth-order valence-electron chi connectivity index (χ4n) is 3.31. The number of fused-ring (bicyclic) bond motifs is 1. The van der Waals surface area contributed by atoms with Gasteiger partial charge in [0.05, 0.1) is 32.1 Å². The Kier molecular flexibility index (Phi) is 6.50. The Balaban J connectivity index is 1.52. The first kappa shape index (κ1) is 22.2. The van der Waals surface area contributed by atoms with E-state index < -0.39 is 5.91 Å².